The zero-order valence-corrected chi connectivity index (χ0v) is 12.7. The minimum atomic E-state index is -2.41. The molecular weight excluding hydrogens is 311 g/mol. The van der Waals surface area contributed by atoms with E-state index in [2.05, 4.69) is 29.5 Å². The normalized spacial score (nSPS) is 14.4. The van der Waals surface area contributed by atoms with Gasteiger partial charge in [0, 0.05) is 19.8 Å². The van der Waals surface area contributed by atoms with E-state index in [0.29, 0.717) is 23.4 Å². The van der Waals surface area contributed by atoms with Gasteiger partial charge in [-0.15, -0.1) is 0 Å². The van der Waals surface area contributed by atoms with Crippen LogP contribution in [0.3, 0.4) is 0 Å². The molecule has 0 N–H and O–H groups in total. The second-order valence-electron chi connectivity index (χ2n) is 2.78. The number of hydrogen-bond acceptors (Lipinski definition) is 3. The van der Waals surface area contributed by atoms with Crippen LogP contribution in [-0.4, -0.2) is 32.2 Å². The minimum absolute atomic E-state index is 0.347. The maximum absolute atomic E-state index is 5.75. The van der Waals surface area contributed by atoms with Crippen molar-refractivity contribution in [3.8, 4) is 0 Å². The topological polar surface area (TPSA) is 27.7 Å². The monoisotopic (exact) mass is 332 g/mol. The van der Waals surface area contributed by atoms with Gasteiger partial charge in [0.2, 0.25) is 0 Å². The van der Waals surface area contributed by atoms with Gasteiger partial charge in [0.15, 0.2) is 0 Å². The molecule has 0 bridgehead atoms. The van der Waals surface area contributed by atoms with Crippen LogP contribution in [0, 0.1) is 0 Å². The molecule has 3 nitrogen and oxygen atoms in total. The first kappa shape index (κ1) is 14.8. The van der Waals surface area contributed by atoms with E-state index in [4.69, 9.17) is 13.3 Å². The van der Waals surface area contributed by atoms with E-state index >= 15 is 0 Å². The third-order valence-electron chi connectivity index (χ3n) is 1.78. The third kappa shape index (κ3) is 4.14. The summed E-state index contributed by atoms with van der Waals surface area (Å²) < 4.78 is 17.6. The molecular formula is C9H21IO3Si. The number of rotatable bonds is 8. The molecule has 0 rings (SSSR count). The maximum Gasteiger partial charge on any atom is 0.514 e. The fraction of sp³-hybridized carbons (Fsp3) is 1.00. The highest BCUT2D eigenvalue weighted by Crippen LogP contribution is 2.24. The van der Waals surface area contributed by atoms with Crippen molar-refractivity contribution in [3.63, 3.8) is 0 Å². The summed E-state index contributed by atoms with van der Waals surface area (Å²) in [5.41, 5.74) is 0. The Bertz CT molecular complexity index is 129. The maximum atomic E-state index is 5.75. The Morgan fingerprint density at radius 2 is 1.29 bits per heavy atom. The molecule has 0 aliphatic carbocycles. The summed E-state index contributed by atoms with van der Waals surface area (Å²) in [4.78, 5) is 0. The van der Waals surface area contributed by atoms with Crippen LogP contribution >= 0.6 is 22.6 Å². The molecule has 0 saturated carbocycles. The minimum Gasteiger partial charge on any atom is -0.373 e. The fourth-order valence-corrected chi connectivity index (χ4v) is 5.37. The Kier molecular flexibility index (Phi) is 8.51. The van der Waals surface area contributed by atoms with Crippen molar-refractivity contribution in [2.24, 2.45) is 0 Å². The van der Waals surface area contributed by atoms with E-state index in [1.807, 2.05) is 20.8 Å². The number of alkyl halides is 1. The zero-order valence-electron chi connectivity index (χ0n) is 9.51. The van der Waals surface area contributed by atoms with Gasteiger partial charge in [0.1, 0.15) is 0 Å². The Morgan fingerprint density at radius 3 is 1.50 bits per heavy atom. The molecule has 0 heterocycles. The summed E-state index contributed by atoms with van der Waals surface area (Å²) in [5.74, 6) is 0. The highest BCUT2D eigenvalue weighted by atomic mass is 127. The Labute approximate surface area is 102 Å². The SMILES string of the molecule is CCO[Si](OCC)(OCC)C(I)CC. The molecule has 5 heteroatoms. The number of halogens is 1. The summed E-state index contributed by atoms with van der Waals surface area (Å²) in [5, 5.41) is 0. The molecule has 86 valence electrons. The van der Waals surface area contributed by atoms with Crippen LogP contribution in [0.4, 0.5) is 0 Å². The van der Waals surface area contributed by atoms with E-state index in [1.54, 1.807) is 0 Å². The summed E-state index contributed by atoms with van der Waals surface area (Å²) >= 11 is 2.38. The van der Waals surface area contributed by atoms with Crippen molar-refractivity contribution in [1.82, 2.24) is 0 Å². The molecule has 0 saturated heterocycles. The molecule has 0 aromatic carbocycles. The highest BCUT2D eigenvalue weighted by Gasteiger charge is 2.47. The summed E-state index contributed by atoms with van der Waals surface area (Å²) in [7, 11) is -2.41. The molecule has 0 aromatic rings. The van der Waals surface area contributed by atoms with Gasteiger partial charge in [-0.2, -0.15) is 0 Å². The molecule has 0 fully saturated rings. The number of hydrogen-bond donors (Lipinski definition) is 0. The molecule has 0 aliphatic heterocycles. The first-order valence-corrected chi connectivity index (χ1v) is 8.27. The standard InChI is InChI=1S/C9H21IO3Si/c1-5-9(10)14(11-6-2,12-7-3)13-8-4/h9H,5-8H2,1-4H3. The lowest BCUT2D eigenvalue weighted by Crippen LogP contribution is -2.53. The third-order valence-corrected chi connectivity index (χ3v) is 8.20. The second kappa shape index (κ2) is 8.03. The van der Waals surface area contributed by atoms with Gasteiger partial charge in [-0.3, -0.25) is 0 Å². The van der Waals surface area contributed by atoms with Crippen LogP contribution in [0.1, 0.15) is 34.1 Å². The summed E-state index contributed by atoms with van der Waals surface area (Å²) in [6, 6.07) is 0. The predicted octanol–water partition coefficient (Wildman–Crippen LogP) is 2.79. The van der Waals surface area contributed by atoms with Gasteiger partial charge in [0.05, 0.1) is 3.55 Å². The largest absolute Gasteiger partial charge is 0.514 e. The van der Waals surface area contributed by atoms with Gasteiger partial charge in [-0.05, 0) is 27.2 Å². The van der Waals surface area contributed by atoms with E-state index < -0.39 is 8.80 Å². The van der Waals surface area contributed by atoms with Crippen LogP contribution in [0.15, 0.2) is 0 Å². The molecule has 0 amide bonds. The quantitative estimate of drug-likeness (QED) is 0.389. The Balaban J connectivity index is 4.53. The second-order valence-corrected chi connectivity index (χ2v) is 8.23. The predicted molar refractivity (Wildman–Crippen MR) is 68.7 cm³/mol. The van der Waals surface area contributed by atoms with Crippen LogP contribution in [0.25, 0.3) is 0 Å². The molecule has 0 aromatic heterocycles. The van der Waals surface area contributed by atoms with Crippen molar-refractivity contribution in [2.45, 2.75) is 37.7 Å². The van der Waals surface area contributed by atoms with Crippen molar-refractivity contribution >= 4 is 31.4 Å². The van der Waals surface area contributed by atoms with Gasteiger partial charge < -0.3 is 13.3 Å². The first-order valence-electron chi connectivity index (χ1n) is 5.22. The Hall–Kier alpha value is 0.827. The van der Waals surface area contributed by atoms with Crippen LogP contribution in [-0.2, 0) is 13.3 Å². The fourth-order valence-electron chi connectivity index (χ4n) is 1.25. The van der Waals surface area contributed by atoms with E-state index in [0.717, 1.165) is 6.42 Å². The molecule has 0 aliphatic rings. The molecule has 14 heavy (non-hydrogen) atoms. The van der Waals surface area contributed by atoms with Gasteiger partial charge in [-0.1, -0.05) is 29.5 Å². The summed E-state index contributed by atoms with van der Waals surface area (Å²) in [6.45, 7) is 10.1. The van der Waals surface area contributed by atoms with Gasteiger partial charge in [0.25, 0.3) is 0 Å². The smallest absolute Gasteiger partial charge is 0.373 e. The van der Waals surface area contributed by atoms with E-state index in [9.17, 15) is 0 Å². The van der Waals surface area contributed by atoms with Gasteiger partial charge in [-0.25, -0.2) is 0 Å². The first-order chi connectivity index (χ1) is 6.66. The van der Waals surface area contributed by atoms with Crippen LogP contribution in [0.5, 0.6) is 0 Å². The van der Waals surface area contributed by atoms with E-state index in [-0.39, 0.29) is 0 Å². The average Bonchev–Trinajstić information content (AvgIpc) is 2.17. The van der Waals surface area contributed by atoms with E-state index in [1.165, 1.54) is 0 Å². The summed E-state index contributed by atoms with van der Waals surface area (Å²) in [6.07, 6.45) is 1.02. The molecule has 0 radical (unpaired) electrons. The molecule has 0 spiro atoms. The van der Waals surface area contributed by atoms with Crippen LogP contribution in [0.2, 0.25) is 0 Å². The van der Waals surface area contributed by atoms with Crippen molar-refractivity contribution in [1.29, 1.82) is 0 Å². The Morgan fingerprint density at radius 1 is 0.929 bits per heavy atom. The van der Waals surface area contributed by atoms with Crippen molar-refractivity contribution in [3.05, 3.63) is 0 Å². The van der Waals surface area contributed by atoms with Crippen molar-refractivity contribution < 1.29 is 13.3 Å². The lowest BCUT2D eigenvalue weighted by Gasteiger charge is -2.31. The molecule has 1 atom stereocenters. The lowest BCUT2D eigenvalue weighted by molar-refractivity contribution is 0.0705. The van der Waals surface area contributed by atoms with Gasteiger partial charge >= 0.3 is 8.80 Å². The lowest BCUT2D eigenvalue weighted by atomic mass is 10.6. The average molecular weight is 332 g/mol. The zero-order chi connectivity index (χ0) is 11.0. The van der Waals surface area contributed by atoms with Crippen molar-refractivity contribution in [2.75, 3.05) is 19.8 Å². The highest BCUT2D eigenvalue weighted by molar-refractivity contribution is 14.1. The van der Waals surface area contributed by atoms with Crippen LogP contribution < -0.4 is 0 Å². The molecule has 1 unspecified atom stereocenters.